The maximum Gasteiger partial charge on any atom is 0.282 e. The molecule has 0 aliphatic carbocycles. The highest BCUT2D eigenvalue weighted by Crippen LogP contribution is 2.14. The topological polar surface area (TPSA) is 115 Å². The third-order valence-corrected chi connectivity index (χ3v) is 4.53. The van der Waals surface area contributed by atoms with Crippen molar-refractivity contribution in [3.05, 3.63) is 54.3 Å². The predicted octanol–water partition coefficient (Wildman–Crippen LogP) is 0.443. The molecule has 0 saturated heterocycles. The summed E-state index contributed by atoms with van der Waals surface area (Å²) in [6.45, 7) is 2.44. The van der Waals surface area contributed by atoms with Crippen molar-refractivity contribution in [2.75, 3.05) is 18.5 Å². The molecule has 0 aliphatic heterocycles. The number of nitrogens with one attached hydrogen (secondary N) is 1. The number of carbonyl (C=O) groups excluding carboxylic acids is 1. The molecular formula is C17H21FN3O4S+. The van der Waals surface area contributed by atoms with Gasteiger partial charge in [-0.2, -0.15) is 0 Å². The molecule has 0 unspecified atom stereocenters. The molecule has 2 aromatic rings. The van der Waals surface area contributed by atoms with Crippen LogP contribution in [0.5, 0.6) is 5.75 Å². The van der Waals surface area contributed by atoms with E-state index in [9.17, 15) is 17.6 Å². The van der Waals surface area contributed by atoms with Gasteiger partial charge in [0.05, 0.1) is 4.90 Å². The summed E-state index contributed by atoms with van der Waals surface area (Å²) in [5.74, 6) is -0.506. The summed E-state index contributed by atoms with van der Waals surface area (Å²) in [5, 5.41) is 9.46. The van der Waals surface area contributed by atoms with Crippen LogP contribution in [0.2, 0.25) is 0 Å². The van der Waals surface area contributed by atoms with Crippen molar-refractivity contribution in [1.29, 1.82) is 0 Å². The van der Waals surface area contributed by atoms with E-state index in [1.54, 1.807) is 24.4 Å². The van der Waals surface area contributed by atoms with Gasteiger partial charge in [0.2, 0.25) is 10.0 Å². The van der Waals surface area contributed by atoms with Gasteiger partial charge in [0.25, 0.3) is 5.91 Å². The van der Waals surface area contributed by atoms with Crippen LogP contribution in [0.3, 0.4) is 0 Å². The van der Waals surface area contributed by atoms with E-state index in [2.05, 4.69) is 5.32 Å². The van der Waals surface area contributed by atoms with E-state index in [-0.39, 0.29) is 23.2 Å². The van der Waals surface area contributed by atoms with Crippen LogP contribution in [0.1, 0.15) is 6.92 Å². The van der Waals surface area contributed by atoms with Crippen molar-refractivity contribution < 1.29 is 27.7 Å². The Kier molecular flexibility index (Phi) is 6.67. The van der Waals surface area contributed by atoms with Gasteiger partial charge >= 0.3 is 0 Å². The van der Waals surface area contributed by atoms with E-state index in [0.29, 0.717) is 12.2 Å². The van der Waals surface area contributed by atoms with Crippen molar-refractivity contribution >= 4 is 21.6 Å². The monoisotopic (exact) mass is 382 g/mol. The molecule has 2 rings (SSSR count). The minimum Gasteiger partial charge on any atom is -0.485 e. The zero-order chi connectivity index (χ0) is 19.2. The number of halogens is 1. The highest BCUT2D eigenvalue weighted by atomic mass is 32.2. The highest BCUT2D eigenvalue weighted by Gasteiger charge is 2.16. The number of nitrogens with two attached hydrogens (primary N) is 2. The molecule has 0 saturated carbocycles. The van der Waals surface area contributed by atoms with E-state index < -0.39 is 21.9 Å². The molecule has 0 fully saturated rings. The summed E-state index contributed by atoms with van der Waals surface area (Å²) in [5.41, 5.74) is 0.463. The Hall–Kier alpha value is -2.49. The van der Waals surface area contributed by atoms with Gasteiger partial charge in [-0.15, -0.1) is 0 Å². The van der Waals surface area contributed by atoms with Crippen molar-refractivity contribution in [2.45, 2.75) is 17.9 Å². The van der Waals surface area contributed by atoms with Crippen LogP contribution >= 0.6 is 0 Å². The van der Waals surface area contributed by atoms with Crippen molar-refractivity contribution in [1.82, 2.24) is 0 Å². The molecule has 0 heterocycles. The van der Waals surface area contributed by atoms with Gasteiger partial charge in [0, 0.05) is 5.69 Å². The van der Waals surface area contributed by atoms with E-state index >= 15 is 0 Å². The Bertz CT molecular complexity index is 857. The lowest BCUT2D eigenvalue weighted by molar-refractivity contribution is -0.673. The standard InChI is InChI=1S/C17H20FN3O4S/c1-12(20-10-11-25-16-5-3-2-4-15(16)18)17(22)21-13-6-8-14(9-7-13)26(19,23)24/h2-9,12,20H,10-11H2,1H3,(H,21,22)(H2,19,23,24)/p+1/t12-/m1/s1. The molecule has 26 heavy (non-hydrogen) atoms. The number of primary sulfonamides is 1. The van der Waals surface area contributed by atoms with Crippen molar-refractivity contribution in [3.8, 4) is 5.75 Å². The fourth-order valence-electron chi connectivity index (χ4n) is 2.14. The minimum absolute atomic E-state index is 0.0274. The summed E-state index contributed by atoms with van der Waals surface area (Å²) in [6, 6.07) is 11.3. The molecule has 1 atom stereocenters. The second kappa shape index (κ2) is 8.75. The largest absolute Gasteiger partial charge is 0.485 e. The lowest BCUT2D eigenvalue weighted by Crippen LogP contribution is -2.92. The SMILES string of the molecule is C[C@@H]([NH2+]CCOc1ccccc1F)C(=O)Nc1ccc(S(N)(=O)=O)cc1. The number of sulfonamides is 1. The Labute approximate surface area is 151 Å². The molecule has 7 nitrogen and oxygen atoms in total. The minimum atomic E-state index is -3.76. The molecule has 0 bridgehead atoms. The maximum atomic E-state index is 13.4. The fraction of sp³-hybridized carbons (Fsp3) is 0.235. The number of hydrogen-bond acceptors (Lipinski definition) is 4. The van der Waals surface area contributed by atoms with Gasteiger partial charge in [-0.25, -0.2) is 17.9 Å². The number of quaternary nitrogens is 1. The molecule has 0 radical (unpaired) electrons. The number of carbonyl (C=O) groups is 1. The first-order chi connectivity index (χ1) is 12.3. The summed E-state index contributed by atoms with van der Waals surface area (Å²) >= 11 is 0. The lowest BCUT2D eigenvalue weighted by atomic mass is 10.2. The van der Waals surface area contributed by atoms with Gasteiger partial charge in [0.15, 0.2) is 17.6 Å². The summed E-state index contributed by atoms with van der Waals surface area (Å²) in [7, 11) is -3.76. The number of ether oxygens (including phenoxy) is 1. The number of rotatable bonds is 8. The van der Waals surface area contributed by atoms with Crippen molar-refractivity contribution in [2.24, 2.45) is 5.14 Å². The second-order valence-corrected chi connectivity index (χ2v) is 7.21. The normalized spacial score (nSPS) is 12.4. The Morgan fingerprint density at radius 3 is 2.50 bits per heavy atom. The molecule has 5 N–H and O–H groups in total. The fourth-order valence-corrected chi connectivity index (χ4v) is 2.66. The number of para-hydroxylation sites is 1. The second-order valence-electron chi connectivity index (χ2n) is 5.65. The molecule has 0 spiro atoms. The molecule has 140 valence electrons. The first-order valence-corrected chi connectivity index (χ1v) is 9.46. The summed E-state index contributed by atoms with van der Waals surface area (Å²) in [6.07, 6.45) is 0. The maximum absolute atomic E-state index is 13.4. The molecule has 0 aliphatic rings. The first-order valence-electron chi connectivity index (χ1n) is 7.92. The Balaban J connectivity index is 1.78. The summed E-state index contributed by atoms with van der Waals surface area (Å²) < 4.78 is 41.1. The summed E-state index contributed by atoms with van der Waals surface area (Å²) in [4.78, 5) is 12.1. The zero-order valence-electron chi connectivity index (χ0n) is 14.2. The van der Waals surface area contributed by atoms with E-state index in [0.717, 1.165) is 0 Å². The van der Waals surface area contributed by atoms with E-state index in [1.807, 2.05) is 0 Å². The Morgan fingerprint density at radius 2 is 1.88 bits per heavy atom. The van der Waals surface area contributed by atoms with Crippen molar-refractivity contribution in [3.63, 3.8) is 0 Å². The quantitative estimate of drug-likeness (QED) is 0.575. The number of benzene rings is 2. The zero-order valence-corrected chi connectivity index (χ0v) is 15.0. The molecule has 1 amide bonds. The molecule has 0 aromatic heterocycles. The van der Waals surface area contributed by atoms with Crippen LogP contribution in [0.25, 0.3) is 0 Å². The average molecular weight is 382 g/mol. The van der Waals surface area contributed by atoms with E-state index in [1.165, 1.54) is 36.4 Å². The first kappa shape index (κ1) is 19.8. The Morgan fingerprint density at radius 1 is 1.23 bits per heavy atom. The van der Waals surface area contributed by atoms with Gasteiger partial charge in [-0.1, -0.05) is 12.1 Å². The highest BCUT2D eigenvalue weighted by molar-refractivity contribution is 7.89. The van der Waals surface area contributed by atoms with Crippen LogP contribution < -0.4 is 20.5 Å². The van der Waals surface area contributed by atoms with Gasteiger partial charge in [-0.05, 0) is 43.3 Å². The predicted molar refractivity (Wildman–Crippen MR) is 94.6 cm³/mol. The van der Waals surface area contributed by atoms with Crippen LogP contribution in [0, 0.1) is 5.82 Å². The van der Waals surface area contributed by atoms with Gasteiger partial charge < -0.3 is 15.4 Å². The number of hydrogen-bond donors (Lipinski definition) is 3. The van der Waals surface area contributed by atoms with Crippen LogP contribution in [0.4, 0.5) is 10.1 Å². The third-order valence-electron chi connectivity index (χ3n) is 3.60. The molecular weight excluding hydrogens is 361 g/mol. The van der Waals surface area contributed by atoms with Crippen LogP contribution in [-0.2, 0) is 14.8 Å². The van der Waals surface area contributed by atoms with Gasteiger partial charge in [0.1, 0.15) is 13.2 Å². The van der Waals surface area contributed by atoms with E-state index in [4.69, 9.17) is 9.88 Å². The third kappa shape index (κ3) is 5.80. The number of amides is 1. The molecule has 9 heteroatoms. The van der Waals surface area contributed by atoms with Crippen LogP contribution in [0.15, 0.2) is 53.4 Å². The smallest absolute Gasteiger partial charge is 0.282 e. The number of anilines is 1. The lowest BCUT2D eigenvalue weighted by Gasteiger charge is -2.12. The molecule has 2 aromatic carbocycles. The van der Waals surface area contributed by atoms with Crippen LogP contribution in [-0.4, -0.2) is 33.5 Å². The van der Waals surface area contributed by atoms with Gasteiger partial charge in [-0.3, -0.25) is 4.79 Å². The average Bonchev–Trinajstić information content (AvgIpc) is 2.59.